The number of rotatable bonds is 7. The van der Waals surface area contributed by atoms with Crippen LogP contribution in [0.1, 0.15) is 11.4 Å². The van der Waals surface area contributed by atoms with Crippen LogP contribution in [0.3, 0.4) is 0 Å². The molecule has 1 aromatic carbocycles. The largest absolute Gasteiger partial charge is 0.497 e. The van der Waals surface area contributed by atoms with E-state index in [4.69, 9.17) is 14.6 Å². The Morgan fingerprint density at radius 1 is 1.33 bits per heavy atom. The van der Waals surface area contributed by atoms with Gasteiger partial charge >= 0.3 is 6.09 Å². The third-order valence-electron chi connectivity index (χ3n) is 4.52. The fourth-order valence-electron chi connectivity index (χ4n) is 3.06. The molecular weight excluding hydrogens is 356 g/mol. The van der Waals surface area contributed by atoms with Gasteiger partial charge < -0.3 is 24.8 Å². The summed E-state index contributed by atoms with van der Waals surface area (Å²) < 4.78 is 12.1. The molecule has 2 atom stereocenters. The van der Waals surface area contributed by atoms with Crippen LogP contribution < -0.4 is 14.8 Å². The molecule has 2 amide bonds. The standard InChI is InChI=1S/C16H20N6O5/c1-9-18-19-20-22(9)8-12-14(17-16(24)25)15(23)21(12)7-10-4-5-11(26-2)6-13(10)27-3/h4-6,12,14,17H,7-8H2,1-3H3,(H,24,25)/t12-,14+/m1/s1. The maximum absolute atomic E-state index is 12.5. The molecule has 3 rings (SSSR count). The third-order valence-corrected chi connectivity index (χ3v) is 4.52. The van der Waals surface area contributed by atoms with Crippen molar-refractivity contribution in [1.29, 1.82) is 0 Å². The van der Waals surface area contributed by atoms with E-state index < -0.39 is 18.2 Å². The highest BCUT2D eigenvalue weighted by molar-refractivity contribution is 5.92. The predicted molar refractivity (Wildman–Crippen MR) is 91.4 cm³/mol. The minimum atomic E-state index is -1.26. The first-order chi connectivity index (χ1) is 12.9. The number of likely N-dealkylation sites (tertiary alicyclic amines) is 1. The summed E-state index contributed by atoms with van der Waals surface area (Å²) in [6.45, 7) is 2.26. The molecule has 0 unspecified atom stereocenters. The molecule has 2 N–H and O–H groups in total. The van der Waals surface area contributed by atoms with Crippen LogP contribution >= 0.6 is 0 Å². The van der Waals surface area contributed by atoms with Crippen molar-refractivity contribution in [2.75, 3.05) is 14.2 Å². The second-order valence-corrected chi connectivity index (χ2v) is 6.05. The molecule has 11 heteroatoms. The lowest BCUT2D eigenvalue weighted by Crippen LogP contribution is -2.71. The number of hydrogen-bond acceptors (Lipinski definition) is 7. The summed E-state index contributed by atoms with van der Waals surface area (Å²) in [5.41, 5.74) is 0.777. The number of amides is 2. The van der Waals surface area contributed by atoms with Gasteiger partial charge in [-0.15, -0.1) is 5.10 Å². The van der Waals surface area contributed by atoms with Crippen LogP contribution in [0.5, 0.6) is 11.5 Å². The first-order valence-electron chi connectivity index (χ1n) is 8.18. The van der Waals surface area contributed by atoms with Crippen LogP contribution in [0.2, 0.25) is 0 Å². The lowest BCUT2D eigenvalue weighted by Gasteiger charge is -2.46. The summed E-state index contributed by atoms with van der Waals surface area (Å²) in [5, 5.41) is 22.6. The number of carbonyl (C=O) groups is 2. The van der Waals surface area contributed by atoms with Gasteiger partial charge in [0.05, 0.1) is 26.8 Å². The van der Waals surface area contributed by atoms with Gasteiger partial charge in [0.15, 0.2) is 0 Å². The van der Waals surface area contributed by atoms with Gasteiger partial charge in [0, 0.05) is 18.2 Å². The second kappa shape index (κ2) is 7.48. The Balaban J connectivity index is 1.83. The van der Waals surface area contributed by atoms with Crippen molar-refractivity contribution in [1.82, 2.24) is 30.4 Å². The number of ether oxygens (including phenoxy) is 2. The first-order valence-corrected chi connectivity index (χ1v) is 8.18. The minimum absolute atomic E-state index is 0.260. The number of aromatic nitrogens is 4. The topological polar surface area (TPSA) is 132 Å². The molecule has 2 aromatic rings. The zero-order valence-electron chi connectivity index (χ0n) is 15.1. The van der Waals surface area contributed by atoms with Gasteiger partial charge in [0.2, 0.25) is 5.91 Å². The molecule has 1 aliphatic rings. The Morgan fingerprint density at radius 3 is 2.70 bits per heavy atom. The fourth-order valence-corrected chi connectivity index (χ4v) is 3.06. The highest BCUT2D eigenvalue weighted by Gasteiger charge is 2.48. The Morgan fingerprint density at radius 2 is 2.11 bits per heavy atom. The summed E-state index contributed by atoms with van der Waals surface area (Å²) in [5.74, 6) is 1.47. The number of carbonyl (C=O) groups excluding carboxylic acids is 1. The van der Waals surface area contributed by atoms with Crippen molar-refractivity contribution in [2.45, 2.75) is 32.1 Å². The number of aryl methyl sites for hydroxylation is 1. The molecule has 11 nitrogen and oxygen atoms in total. The summed E-state index contributed by atoms with van der Waals surface area (Å²) in [4.78, 5) is 25.1. The number of β-lactam (4-membered cyclic amide) rings is 1. The van der Waals surface area contributed by atoms with Crippen molar-refractivity contribution >= 4 is 12.0 Å². The zero-order chi connectivity index (χ0) is 19.6. The summed E-state index contributed by atoms with van der Waals surface area (Å²) >= 11 is 0. The van der Waals surface area contributed by atoms with E-state index in [2.05, 4.69) is 20.8 Å². The summed E-state index contributed by atoms with van der Waals surface area (Å²) in [7, 11) is 3.09. The molecular formula is C16H20N6O5. The highest BCUT2D eigenvalue weighted by atomic mass is 16.5. The Kier molecular flexibility index (Phi) is 5.10. The first kappa shape index (κ1) is 18.4. The van der Waals surface area contributed by atoms with Gasteiger partial charge in [-0.1, -0.05) is 0 Å². The zero-order valence-corrected chi connectivity index (χ0v) is 15.1. The maximum Gasteiger partial charge on any atom is 0.405 e. The Bertz CT molecular complexity index is 854. The number of methoxy groups -OCH3 is 2. The number of tetrazole rings is 1. The second-order valence-electron chi connectivity index (χ2n) is 6.05. The van der Waals surface area contributed by atoms with Crippen LogP contribution in [0.15, 0.2) is 18.2 Å². The lowest BCUT2D eigenvalue weighted by atomic mass is 9.93. The molecule has 1 aliphatic heterocycles. The van der Waals surface area contributed by atoms with Gasteiger partial charge in [-0.05, 0) is 29.5 Å². The van der Waals surface area contributed by atoms with Crippen molar-refractivity contribution in [2.24, 2.45) is 0 Å². The van der Waals surface area contributed by atoms with Crippen molar-refractivity contribution in [3.63, 3.8) is 0 Å². The van der Waals surface area contributed by atoms with E-state index in [9.17, 15) is 9.59 Å². The molecule has 0 aliphatic carbocycles. The molecule has 27 heavy (non-hydrogen) atoms. The quantitative estimate of drug-likeness (QED) is 0.648. The van der Waals surface area contributed by atoms with Crippen LogP contribution in [0, 0.1) is 6.92 Å². The van der Waals surface area contributed by atoms with Crippen molar-refractivity contribution in [3.8, 4) is 11.5 Å². The average molecular weight is 376 g/mol. The van der Waals surface area contributed by atoms with Gasteiger partial charge in [-0.25, -0.2) is 9.48 Å². The van der Waals surface area contributed by atoms with Gasteiger partial charge in [0.1, 0.15) is 23.4 Å². The maximum atomic E-state index is 12.5. The molecule has 1 saturated heterocycles. The molecule has 1 fully saturated rings. The number of hydrogen-bond donors (Lipinski definition) is 2. The van der Waals surface area contributed by atoms with Crippen LogP contribution in [0.25, 0.3) is 0 Å². The smallest absolute Gasteiger partial charge is 0.405 e. The van der Waals surface area contributed by atoms with Crippen LogP contribution in [-0.2, 0) is 17.9 Å². The van der Waals surface area contributed by atoms with Gasteiger partial charge in [0.25, 0.3) is 0 Å². The molecule has 0 spiro atoms. The normalized spacial score (nSPS) is 18.8. The lowest BCUT2D eigenvalue weighted by molar-refractivity contribution is -0.153. The summed E-state index contributed by atoms with van der Waals surface area (Å²) in [6.07, 6.45) is -1.26. The fraction of sp³-hybridized carbons (Fsp3) is 0.438. The van der Waals surface area contributed by atoms with Crippen molar-refractivity contribution < 1.29 is 24.2 Å². The van der Waals surface area contributed by atoms with E-state index >= 15 is 0 Å². The summed E-state index contributed by atoms with van der Waals surface area (Å²) in [6, 6.07) is 4.03. The van der Waals surface area contributed by atoms with Gasteiger partial charge in [-0.3, -0.25) is 4.79 Å². The Hall–Kier alpha value is -3.37. The van der Waals surface area contributed by atoms with Gasteiger partial charge in [-0.2, -0.15) is 0 Å². The van der Waals surface area contributed by atoms with E-state index in [-0.39, 0.29) is 19.0 Å². The number of nitrogens with one attached hydrogen (secondary N) is 1. The number of benzene rings is 1. The third kappa shape index (κ3) is 3.61. The Labute approximate surface area is 154 Å². The molecule has 0 radical (unpaired) electrons. The molecule has 1 aromatic heterocycles. The van der Waals surface area contributed by atoms with E-state index in [1.165, 1.54) is 11.8 Å². The number of nitrogens with zero attached hydrogens (tertiary/aromatic N) is 5. The molecule has 144 valence electrons. The molecule has 2 heterocycles. The van der Waals surface area contributed by atoms with E-state index in [0.29, 0.717) is 17.3 Å². The van der Waals surface area contributed by atoms with E-state index in [1.807, 2.05) is 6.07 Å². The predicted octanol–water partition coefficient (Wildman–Crippen LogP) is 0.0459. The molecule has 0 saturated carbocycles. The van der Waals surface area contributed by atoms with Crippen LogP contribution in [0.4, 0.5) is 4.79 Å². The number of carboxylic acid groups (broad SMARTS) is 1. The van der Waals surface area contributed by atoms with E-state index in [0.717, 1.165) is 5.56 Å². The van der Waals surface area contributed by atoms with Crippen molar-refractivity contribution in [3.05, 3.63) is 29.6 Å². The highest BCUT2D eigenvalue weighted by Crippen LogP contribution is 2.30. The molecule has 0 bridgehead atoms. The van der Waals surface area contributed by atoms with Crippen LogP contribution in [-0.4, -0.2) is 68.5 Å². The minimum Gasteiger partial charge on any atom is -0.497 e. The average Bonchev–Trinajstić information content (AvgIpc) is 3.07. The monoisotopic (exact) mass is 376 g/mol. The van der Waals surface area contributed by atoms with E-state index in [1.54, 1.807) is 31.1 Å². The SMILES string of the molecule is COc1ccc(CN2C(=O)[C@@H](NC(=O)O)[C@H]2Cn2nnnc2C)c(OC)c1.